The van der Waals surface area contributed by atoms with E-state index in [2.05, 4.69) is 19.1 Å². The summed E-state index contributed by atoms with van der Waals surface area (Å²) in [7, 11) is 1.43. The summed E-state index contributed by atoms with van der Waals surface area (Å²) in [5.41, 5.74) is 0.640. The largest absolute Gasteiger partial charge is 0.504 e. The van der Waals surface area contributed by atoms with E-state index in [9.17, 15) is 19.8 Å². The molecule has 1 rings (SSSR count). The van der Waals surface area contributed by atoms with Gasteiger partial charge in [0.2, 0.25) is 0 Å². The van der Waals surface area contributed by atoms with Crippen molar-refractivity contribution in [3.05, 3.63) is 42.0 Å². The van der Waals surface area contributed by atoms with E-state index in [0.717, 1.165) is 32.1 Å². The van der Waals surface area contributed by atoms with E-state index >= 15 is 0 Å². The molecule has 2 N–H and O–H groups in total. The summed E-state index contributed by atoms with van der Waals surface area (Å²) in [6, 6.07) is 4.65. The van der Waals surface area contributed by atoms with E-state index < -0.39 is 12.1 Å². The molecule has 0 bridgehead atoms. The van der Waals surface area contributed by atoms with Crippen LogP contribution in [0.15, 0.2) is 36.4 Å². The van der Waals surface area contributed by atoms with E-state index in [1.165, 1.54) is 76.7 Å². The lowest BCUT2D eigenvalue weighted by Crippen LogP contribution is -2.24. The van der Waals surface area contributed by atoms with Gasteiger partial charge in [0.15, 0.2) is 11.5 Å². The summed E-state index contributed by atoms with van der Waals surface area (Å²) in [6.45, 7) is 1.76. The van der Waals surface area contributed by atoms with Crippen LogP contribution in [-0.4, -0.2) is 48.6 Å². The highest BCUT2D eigenvalue weighted by atomic mass is 16.6. The number of hydrogen-bond acceptors (Lipinski definition) is 7. The third-order valence-corrected chi connectivity index (χ3v) is 6.11. The molecule has 0 saturated heterocycles. The van der Waals surface area contributed by atoms with Crippen molar-refractivity contribution in [3.8, 4) is 11.5 Å². The molecule has 0 aromatic heterocycles. The number of rotatable bonds is 22. The van der Waals surface area contributed by atoms with Crippen molar-refractivity contribution in [2.75, 3.05) is 20.3 Å². The molecule has 0 fully saturated rings. The summed E-state index contributed by atoms with van der Waals surface area (Å²) in [4.78, 5) is 23.7. The Morgan fingerprint density at radius 3 is 2.13 bits per heavy atom. The van der Waals surface area contributed by atoms with Crippen molar-refractivity contribution in [2.45, 2.75) is 103 Å². The Hall–Kier alpha value is -2.80. The number of ether oxygens (including phenoxy) is 3. The van der Waals surface area contributed by atoms with Gasteiger partial charge >= 0.3 is 11.9 Å². The van der Waals surface area contributed by atoms with E-state index in [0.29, 0.717) is 17.7 Å². The van der Waals surface area contributed by atoms with Crippen molar-refractivity contribution in [3.63, 3.8) is 0 Å². The minimum Gasteiger partial charge on any atom is -0.504 e. The molecule has 38 heavy (non-hydrogen) atoms. The lowest BCUT2D eigenvalue weighted by Gasteiger charge is -2.11. The number of hydrogen-bond donors (Lipinski definition) is 2. The van der Waals surface area contributed by atoms with Gasteiger partial charge in [0.1, 0.15) is 19.3 Å². The van der Waals surface area contributed by atoms with Crippen LogP contribution in [-0.2, 0) is 19.1 Å². The predicted octanol–water partition coefficient (Wildman–Crippen LogP) is 6.90. The third kappa shape index (κ3) is 17.6. The summed E-state index contributed by atoms with van der Waals surface area (Å²) in [6.07, 6.45) is 22.1. The van der Waals surface area contributed by atoms with Crippen molar-refractivity contribution in [1.82, 2.24) is 0 Å². The van der Waals surface area contributed by atoms with Crippen LogP contribution in [0.25, 0.3) is 6.08 Å². The molecule has 7 heteroatoms. The van der Waals surface area contributed by atoms with Gasteiger partial charge < -0.3 is 24.4 Å². The molecule has 7 nitrogen and oxygen atoms in total. The zero-order chi connectivity index (χ0) is 27.8. The van der Waals surface area contributed by atoms with Gasteiger partial charge in [-0.25, -0.2) is 4.79 Å². The van der Waals surface area contributed by atoms with Crippen LogP contribution < -0.4 is 4.74 Å². The molecule has 1 aromatic carbocycles. The van der Waals surface area contributed by atoms with Crippen LogP contribution in [0.1, 0.15) is 102 Å². The molecule has 0 radical (unpaired) electrons. The van der Waals surface area contributed by atoms with Gasteiger partial charge in [-0.3, -0.25) is 4.79 Å². The molecule has 0 saturated carbocycles. The second-order valence-corrected chi connectivity index (χ2v) is 9.57. The molecule has 0 amide bonds. The zero-order valence-electron chi connectivity index (χ0n) is 23.4. The molecule has 0 unspecified atom stereocenters. The molecular formula is C31H48O7. The molecule has 0 aliphatic heterocycles. The molecule has 0 spiro atoms. The summed E-state index contributed by atoms with van der Waals surface area (Å²) in [5, 5.41) is 19.5. The van der Waals surface area contributed by atoms with E-state index in [-0.39, 0.29) is 24.9 Å². The number of carbonyl (C=O) groups is 2. The first-order valence-corrected chi connectivity index (χ1v) is 14.2. The van der Waals surface area contributed by atoms with Crippen molar-refractivity contribution in [1.29, 1.82) is 0 Å². The molecule has 214 valence electrons. The number of aromatic hydroxyl groups is 1. The highest BCUT2D eigenvalue weighted by Crippen LogP contribution is 2.26. The van der Waals surface area contributed by atoms with E-state index in [1.807, 2.05) is 0 Å². The molecule has 1 atom stereocenters. The van der Waals surface area contributed by atoms with Crippen LogP contribution >= 0.6 is 0 Å². The smallest absolute Gasteiger partial charge is 0.330 e. The lowest BCUT2D eigenvalue weighted by molar-refractivity contribution is -0.150. The summed E-state index contributed by atoms with van der Waals surface area (Å²) < 4.78 is 15.1. The normalized spacial score (nSPS) is 12.2. The zero-order valence-corrected chi connectivity index (χ0v) is 23.4. The molecule has 0 aliphatic carbocycles. The Labute approximate surface area is 228 Å². The summed E-state index contributed by atoms with van der Waals surface area (Å²) in [5.74, 6) is -0.702. The van der Waals surface area contributed by atoms with Crippen LogP contribution in [0.4, 0.5) is 0 Å². The van der Waals surface area contributed by atoms with Crippen molar-refractivity contribution < 1.29 is 34.0 Å². The van der Waals surface area contributed by atoms with Gasteiger partial charge in [0.05, 0.1) is 7.11 Å². The molecule has 0 heterocycles. The fourth-order valence-electron chi connectivity index (χ4n) is 3.84. The van der Waals surface area contributed by atoms with Gasteiger partial charge in [-0.15, -0.1) is 0 Å². The SMILES string of the molecule is CCCCCCCC/C=C\CCCCCCCC(=O)OC[C@H](O)COC(=O)/C=C/c1ccc(O)c(OC)c1. The number of aliphatic hydroxyl groups is 1. The summed E-state index contributed by atoms with van der Waals surface area (Å²) >= 11 is 0. The quantitative estimate of drug-likeness (QED) is 0.0725. The number of phenols is 1. The van der Waals surface area contributed by atoms with Gasteiger partial charge in [-0.1, -0.05) is 76.5 Å². The Balaban J connectivity index is 2.00. The highest BCUT2D eigenvalue weighted by Gasteiger charge is 2.11. The number of unbranched alkanes of at least 4 members (excludes halogenated alkanes) is 11. The van der Waals surface area contributed by atoms with E-state index in [4.69, 9.17) is 14.2 Å². The Morgan fingerprint density at radius 1 is 0.868 bits per heavy atom. The van der Waals surface area contributed by atoms with Crippen LogP contribution in [0.2, 0.25) is 0 Å². The van der Waals surface area contributed by atoms with Crippen molar-refractivity contribution >= 4 is 18.0 Å². The second kappa shape index (κ2) is 22.2. The topological polar surface area (TPSA) is 102 Å². The Kier molecular flexibility index (Phi) is 19.4. The third-order valence-electron chi connectivity index (χ3n) is 6.11. The fraction of sp³-hybridized carbons (Fsp3) is 0.613. The number of methoxy groups -OCH3 is 1. The minimum atomic E-state index is -1.08. The average molecular weight is 533 g/mol. The second-order valence-electron chi connectivity index (χ2n) is 9.57. The maximum Gasteiger partial charge on any atom is 0.330 e. The van der Waals surface area contributed by atoms with E-state index in [1.54, 1.807) is 12.1 Å². The van der Waals surface area contributed by atoms with Gasteiger partial charge in [-0.05, 0) is 55.9 Å². The maximum atomic E-state index is 11.9. The van der Waals surface area contributed by atoms with Crippen LogP contribution in [0.5, 0.6) is 11.5 Å². The number of benzene rings is 1. The van der Waals surface area contributed by atoms with Crippen LogP contribution in [0.3, 0.4) is 0 Å². The monoisotopic (exact) mass is 532 g/mol. The number of esters is 2. The van der Waals surface area contributed by atoms with Gasteiger partial charge in [-0.2, -0.15) is 0 Å². The molecule has 1 aromatic rings. The number of carbonyl (C=O) groups excluding carboxylic acids is 2. The Morgan fingerprint density at radius 2 is 1.47 bits per heavy atom. The number of allylic oxidation sites excluding steroid dienone is 2. The minimum absolute atomic E-state index is 0.00198. The Bertz CT molecular complexity index is 832. The van der Waals surface area contributed by atoms with Gasteiger partial charge in [0.25, 0.3) is 0 Å². The van der Waals surface area contributed by atoms with Crippen molar-refractivity contribution in [2.24, 2.45) is 0 Å². The fourth-order valence-corrected chi connectivity index (χ4v) is 3.84. The van der Waals surface area contributed by atoms with Crippen LogP contribution in [0, 0.1) is 0 Å². The standard InChI is InChI=1S/C31H48O7/c1-3-4-5-6-7-8-9-10-11-12-13-14-15-16-17-18-30(34)37-24-27(32)25-38-31(35)22-20-26-19-21-28(33)29(23-26)36-2/h10-11,19-23,27,32-33H,3-9,12-18,24-25H2,1-2H3/b11-10-,22-20+/t27-/m0/s1. The maximum absolute atomic E-state index is 11.9. The van der Waals surface area contributed by atoms with Gasteiger partial charge in [0, 0.05) is 12.5 Å². The molecule has 0 aliphatic rings. The predicted molar refractivity (Wildman–Crippen MR) is 151 cm³/mol. The highest BCUT2D eigenvalue weighted by molar-refractivity contribution is 5.87. The number of phenolic OH excluding ortho intramolecular Hbond substituents is 1. The first kappa shape index (κ1) is 33.2. The first-order valence-electron chi connectivity index (χ1n) is 14.2. The first-order chi connectivity index (χ1) is 18.5. The molecular weight excluding hydrogens is 484 g/mol. The lowest BCUT2D eigenvalue weighted by atomic mass is 10.1. The number of aliphatic hydroxyl groups excluding tert-OH is 1. The average Bonchev–Trinajstić information content (AvgIpc) is 2.92.